The second-order valence-corrected chi connectivity index (χ2v) is 4.66. The van der Waals surface area contributed by atoms with Crippen LogP contribution in [0.15, 0.2) is 30.3 Å². The van der Waals surface area contributed by atoms with E-state index in [2.05, 4.69) is 23.1 Å². The van der Waals surface area contributed by atoms with Crippen LogP contribution < -0.4 is 16.6 Å². The molecule has 0 saturated carbocycles. The Hall–Kier alpha value is -1.31. The van der Waals surface area contributed by atoms with Crippen molar-refractivity contribution in [3.05, 3.63) is 35.9 Å². The van der Waals surface area contributed by atoms with Crippen molar-refractivity contribution in [2.45, 2.75) is 5.37 Å². The Morgan fingerprint density at radius 2 is 2.12 bits per heavy atom. The van der Waals surface area contributed by atoms with E-state index in [4.69, 9.17) is 10.8 Å². The van der Waals surface area contributed by atoms with Crippen molar-refractivity contribution in [2.75, 3.05) is 5.75 Å². The van der Waals surface area contributed by atoms with Crippen molar-refractivity contribution in [3.8, 4) is 0 Å². The molecule has 0 aliphatic rings. The van der Waals surface area contributed by atoms with Gasteiger partial charge in [0.1, 0.15) is 0 Å². The van der Waals surface area contributed by atoms with Crippen LogP contribution >= 0.6 is 24.0 Å². The van der Waals surface area contributed by atoms with Gasteiger partial charge >= 0.3 is 5.97 Å². The summed E-state index contributed by atoms with van der Waals surface area (Å²) >= 11 is 5.91. The molecule has 0 aliphatic heterocycles. The second kappa shape index (κ2) is 7.10. The molecule has 0 bridgehead atoms. The van der Waals surface area contributed by atoms with Crippen molar-refractivity contribution in [2.24, 2.45) is 5.73 Å². The van der Waals surface area contributed by atoms with Crippen molar-refractivity contribution >= 4 is 35.1 Å². The van der Waals surface area contributed by atoms with E-state index >= 15 is 0 Å². The first-order valence-electron chi connectivity index (χ1n) is 4.79. The number of hydrazine groups is 1. The Labute approximate surface area is 109 Å². The lowest BCUT2D eigenvalue weighted by molar-refractivity contribution is -0.133. The summed E-state index contributed by atoms with van der Waals surface area (Å²) in [5.74, 6) is -0.876. The summed E-state index contributed by atoms with van der Waals surface area (Å²) in [5, 5.41) is 8.55. The lowest BCUT2D eigenvalue weighted by atomic mass is 10.2. The normalized spacial score (nSPS) is 11.8. The minimum Gasteiger partial charge on any atom is -0.481 e. The van der Waals surface area contributed by atoms with Crippen LogP contribution in [-0.2, 0) is 4.79 Å². The van der Waals surface area contributed by atoms with Crippen LogP contribution in [0.1, 0.15) is 10.9 Å². The van der Waals surface area contributed by atoms with E-state index in [0.29, 0.717) is 0 Å². The molecule has 1 rings (SSSR count). The molecule has 0 aromatic heterocycles. The molecule has 7 heteroatoms. The highest BCUT2D eigenvalue weighted by molar-refractivity contribution is 8.00. The van der Waals surface area contributed by atoms with Gasteiger partial charge in [-0.3, -0.25) is 10.2 Å². The Morgan fingerprint density at radius 3 is 2.65 bits per heavy atom. The first kappa shape index (κ1) is 13.8. The highest BCUT2D eigenvalue weighted by atomic mass is 32.2. The minimum atomic E-state index is -0.868. The van der Waals surface area contributed by atoms with Gasteiger partial charge in [-0.1, -0.05) is 30.3 Å². The number of aliphatic carboxylic acids is 1. The number of carboxylic acid groups (broad SMARTS) is 1. The molecule has 0 aliphatic carbocycles. The number of nitrogens with one attached hydrogen (secondary N) is 2. The highest BCUT2D eigenvalue weighted by Crippen LogP contribution is 2.24. The maximum Gasteiger partial charge on any atom is 0.313 e. The molecule has 17 heavy (non-hydrogen) atoms. The van der Waals surface area contributed by atoms with Gasteiger partial charge in [0.25, 0.3) is 0 Å². The average molecular weight is 271 g/mol. The predicted octanol–water partition coefficient (Wildman–Crippen LogP) is 0.841. The fraction of sp³-hybridized carbons (Fsp3) is 0.200. The van der Waals surface area contributed by atoms with Crippen molar-refractivity contribution in [1.82, 2.24) is 10.9 Å². The van der Waals surface area contributed by atoms with Crippen LogP contribution in [0.25, 0.3) is 0 Å². The zero-order valence-corrected chi connectivity index (χ0v) is 10.6. The van der Waals surface area contributed by atoms with Crippen molar-refractivity contribution < 1.29 is 9.90 Å². The SMILES string of the molecule is NC(=S)NN[C@@H](SCC(=O)O)c1ccccc1. The molecule has 5 nitrogen and oxygen atoms in total. The van der Waals surface area contributed by atoms with Gasteiger partial charge < -0.3 is 10.8 Å². The first-order chi connectivity index (χ1) is 8.09. The number of carbonyl (C=O) groups is 1. The average Bonchev–Trinajstić information content (AvgIpc) is 2.29. The summed E-state index contributed by atoms with van der Waals surface area (Å²) < 4.78 is 0. The standard InChI is InChI=1S/C10H13N3O2S2/c11-10(16)13-12-9(17-6-8(14)15)7-4-2-1-3-5-7/h1-5,9,12H,6H2,(H,14,15)(H3,11,13,16)/t9-/m0/s1. The zero-order valence-electron chi connectivity index (χ0n) is 8.92. The molecular weight excluding hydrogens is 258 g/mol. The second-order valence-electron chi connectivity index (χ2n) is 3.13. The highest BCUT2D eigenvalue weighted by Gasteiger charge is 2.13. The molecular formula is C10H13N3O2S2. The molecule has 1 atom stereocenters. The smallest absolute Gasteiger partial charge is 0.313 e. The number of thiocarbonyl (C=S) groups is 1. The lowest BCUT2D eigenvalue weighted by Gasteiger charge is -2.18. The number of hydrogen-bond donors (Lipinski definition) is 4. The van der Waals surface area contributed by atoms with Crippen LogP contribution in [0.3, 0.4) is 0 Å². The third-order valence-corrected chi connectivity index (χ3v) is 3.04. The van der Waals surface area contributed by atoms with Crippen LogP contribution in [0.2, 0.25) is 0 Å². The molecule has 1 aromatic carbocycles. The molecule has 0 amide bonds. The molecule has 0 unspecified atom stereocenters. The van der Waals surface area contributed by atoms with Gasteiger partial charge in [0.15, 0.2) is 5.11 Å². The van der Waals surface area contributed by atoms with E-state index in [9.17, 15) is 4.79 Å². The third-order valence-electron chi connectivity index (χ3n) is 1.80. The number of hydrogen-bond acceptors (Lipinski definition) is 4. The molecule has 1 aromatic rings. The Bertz CT molecular complexity index is 368. The first-order valence-corrected chi connectivity index (χ1v) is 6.24. The quantitative estimate of drug-likeness (QED) is 0.346. The van der Waals surface area contributed by atoms with Gasteiger partial charge in [-0.25, -0.2) is 5.43 Å². The van der Waals surface area contributed by atoms with Crippen LogP contribution in [0.4, 0.5) is 0 Å². The van der Waals surface area contributed by atoms with Gasteiger partial charge in [0.05, 0.1) is 11.1 Å². The maximum atomic E-state index is 10.6. The molecule has 5 N–H and O–H groups in total. The van der Waals surface area contributed by atoms with Gasteiger partial charge in [0, 0.05) is 0 Å². The Morgan fingerprint density at radius 1 is 1.47 bits per heavy atom. The third kappa shape index (κ3) is 5.53. The van der Waals surface area contributed by atoms with Gasteiger partial charge in [0.2, 0.25) is 0 Å². The van der Waals surface area contributed by atoms with Crippen LogP contribution in [0, 0.1) is 0 Å². The number of benzene rings is 1. The number of rotatable bonds is 6. The molecule has 92 valence electrons. The van der Waals surface area contributed by atoms with Crippen LogP contribution in [0.5, 0.6) is 0 Å². The topological polar surface area (TPSA) is 87.4 Å². The molecule has 0 radical (unpaired) electrons. The van der Waals surface area contributed by atoms with E-state index in [0.717, 1.165) is 5.56 Å². The van der Waals surface area contributed by atoms with E-state index in [-0.39, 0.29) is 16.2 Å². The summed E-state index contributed by atoms with van der Waals surface area (Å²) in [5.41, 5.74) is 11.7. The summed E-state index contributed by atoms with van der Waals surface area (Å²) in [7, 11) is 0. The van der Waals surface area contributed by atoms with E-state index in [1.54, 1.807) is 0 Å². The maximum absolute atomic E-state index is 10.6. The monoisotopic (exact) mass is 271 g/mol. The summed E-state index contributed by atoms with van der Waals surface area (Å²) in [4.78, 5) is 10.6. The number of thioether (sulfide) groups is 1. The molecule has 0 heterocycles. The molecule has 0 fully saturated rings. The molecule has 0 saturated heterocycles. The Balaban J connectivity index is 2.64. The number of nitrogens with two attached hydrogens (primary N) is 1. The summed E-state index contributed by atoms with van der Waals surface area (Å²) in [6.07, 6.45) is 0. The van der Waals surface area contributed by atoms with E-state index < -0.39 is 5.97 Å². The largest absolute Gasteiger partial charge is 0.481 e. The van der Waals surface area contributed by atoms with Crippen LogP contribution in [-0.4, -0.2) is 21.9 Å². The van der Waals surface area contributed by atoms with E-state index in [1.165, 1.54) is 11.8 Å². The van der Waals surface area contributed by atoms with Gasteiger partial charge in [-0.05, 0) is 17.8 Å². The minimum absolute atomic E-state index is 0.00836. The van der Waals surface area contributed by atoms with Crippen molar-refractivity contribution in [1.29, 1.82) is 0 Å². The van der Waals surface area contributed by atoms with Crippen molar-refractivity contribution in [3.63, 3.8) is 0 Å². The summed E-state index contributed by atoms with van der Waals surface area (Å²) in [6.45, 7) is 0. The predicted molar refractivity (Wildman–Crippen MR) is 72.3 cm³/mol. The Kier molecular flexibility index (Phi) is 5.75. The fourth-order valence-electron chi connectivity index (χ4n) is 1.14. The molecule has 0 spiro atoms. The van der Waals surface area contributed by atoms with Gasteiger partial charge in [-0.2, -0.15) is 0 Å². The fourth-order valence-corrected chi connectivity index (χ4v) is 2.00. The lowest BCUT2D eigenvalue weighted by Crippen LogP contribution is -2.42. The van der Waals surface area contributed by atoms with E-state index in [1.807, 2.05) is 30.3 Å². The summed E-state index contributed by atoms with van der Waals surface area (Å²) in [6, 6.07) is 9.45. The number of carboxylic acids is 1. The zero-order chi connectivity index (χ0) is 12.7. The van der Waals surface area contributed by atoms with Gasteiger partial charge in [-0.15, -0.1) is 11.8 Å².